The maximum absolute atomic E-state index is 13.1. The number of carboxylic acid groups (broad SMARTS) is 1. The molecular weight excluding hydrogens is 398 g/mol. The van der Waals surface area contributed by atoms with Gasteiger partial charge in [0.1, 0.15) is 0 Å². The van der Waals surface area contributed by atoms with Gasteiger partial charge < -0.3 is 10.0 Å². The topological polar surface area (TPSA) is 74.7 Å². The first-order valence-corrected chi connectivity index (χ1v) is 12.4. The van der Waals surface area contributed by atoms with Crippen LogP contribution in [0.4, 0.5) is 5.69 Å². The highest BCUT2D eigenvalue weighted by molar-refractivity contribution is 7.91. The predicted molar refractivity (Wildman–Crippen MR) is 123 cm³/mol. The SMILES string of the molecule is CCCCN(CCCC)c1cc(C(=O)O)cc(S(=O)(=O)CC)c1-c1ccccc1C. The summed E-state index contributed by atoms with van der Waals surface area (Å²) in [5.74, 6) is -1.20. The van der Waals surface area contributed by atoms with Crippen molar-refractivity contribution in [1.29, 1.82) is 0 Å². The minimum absolute atomic E-state index is 0.00681. The molecule has 0 heterocycles. The molecule has 5 nitrogen and oxygen atoms in total. The van der Waals surface area contributed by atoms with Gasteiger partial charge in [-0.1, -0.05) is 57.9 Å². The van der Waals surface area contributed by atoms with Crippen LogP contribution in [-0.4, -0.2) is 38.3 Å². The molecule has 0 bridgehead atoms. The largest absolute Gasteiger partial charge is 0.478 e. The predicted octanol–water partition coefficient (Wildman–Crippen LogP) is 5.56. The normalized spacial score (nSPS) is 11.5. The Morgan fingerprint density at radius 2 is 1.60 bits per heavy atom. The summed E-state index contributed by atoms with van der Waals surface area (Å²) in [6.45, 7) is 9.28. The van der Waals surface area contributed by atoms with Crippen LogP contribution in [0.1, 0.15) is 62.4 Å². The maximum atomic E-state index is 13.1. The van der Waals surface area contributed by atoms with Crippen LogP contribution in [-0.2, 0) is 9.84 Å². The molecule has 164 valence electrons. The Balaban J connectivity index is 2.92. The smallest absolute Gasteiger partial charge is 0.335 e. The summed E-state index contributed by atoms with van der Waals surface area (Å²) in [5, 5.41) is 9.71. The average Bonchev–Trinajstić information content (AvgIpc) is 2.73. The van der Waals surface area contributed by atoms with E-state index in [9.17, 15) is 18.3 Å². The molecule has 0 amide bonds. The van der Waals surface area contributed by atoms with E-state index < -0.39 is 15.8 Å². The van der Waals surface area contributed by atoms with Gasteiger partial charge in [-0.2, -0.15) is 0 Å². The Morgan fingerprint density at radius 3 is 2.10 bits per heavy atom. The van der Waals surface area contributed by atoms with E-state index in [-0.39, 0.29) is 16.2 Å². The third-order valence-corrected chi connectivity index (χ3v) is 7.11. The van der Waals surface area contributed by atoms with E-state index >= 15 is 0 Å². The number of anilines is 1. The molecule has 6 heteroatoms. The summed E-state index contributed by atoms with van der Waals surface area (Å²) in [4.78, 5) is 14.1. The first kappa shape index (κ1) is 23.9. The van der Waals surface area contributed by atoms with Gasteiger partial charge in [0.25, 0.3) is 0 Å². The molecule has 0 saturated heterocycles. The van der Waals surface area contributed by atoms with Crippen LogP contribution in [0.5, 0.6) is 0 Å². The number of benzene rings is 2. The number of sulfone groups is 1. The fourth-order valence-corrected chi connectivity index (χ4v) is 4.69. The first-order chi connectivity index (χ1) is 14.3. The molecular formula is C24H33NO4S. The van der Waals surface area contributed by atoms with Crippen molar-refractivity contribution in [1.82, 2.24) is 0 Å². The zero-order valence-corrected chi connectivity index (χ0v) is 19.3. The van der Waals surface area contributed by atoms with Crippen LogP contribution in [0.2, 0.25) is 0 Å². The highest BCUT2D eigenvalue weighted by Gasteiger charge is 2.26. The zero-order valence-electron chi connectivity index (χ0n) is 18.4. The van der Waals surface area contributed by atoms with Gasteiger partial charge in [-0.3, -0.25) is 0 Å². The number of carboxylic acids is 1. The molecule has 0 aliphatic rings. The number of unbranched alkanes of at least 4 members (excludes halogenated alkanes) is 2. The van der Waals surface area contributed by atoms with Gasteiger partial charge >= 0.3 is 5.97 Å². The summed E-state index contributed by atoms with van der Waals surface area (Å²) in [5.41, 5.74) is 3.10. The quantitative estimate of drug-likeness (QED) is 0.504. The minimum Gasteiger partial charge on any atom is -0.478 e. The molecule has 1 N–H and O–H groups in total. The van der Waals surface area contributed by atoms with Crippen molar-refractivity contribution in [3.05, 3.63) is 47.5 Å². The molecule has 0 fully saturated rings. The van der Waals surface area contributed by atoms with Crippen molar-refractivity contribution in [2.24, 2.45) is 0 Å². The molecule has 0 aliphatic heterocycles. The lowest BCUT2D eigenvalue weighted by Crippen LogP contribution is -2.27. The van der Waals surface area contributed by atoms with E-state index in [1.165, 1.54) is 6.07 Å². The first-order valence-electron chi connectivity index (χ1n) is 10.7. The second-order valence-electron chi connectivity index (χ2n) is 7.59. The van der Waals surface area contributed by atoms with Crippen molar-refractivity contribution in [3.63, 3.8) is 0 Å². The molecule has 2 aromatic rings. The summed E-state index contributed by atoms with van der Waals surface area (Å²) in [7, 11) is -3.64. The zero-order chi connectivity index (χ0) is 22.3. The van der Waals surface area contributed by atoms with Gasteiger partial charge in [0, 0.05) is 24.3 Å². The molecule has 0 atom stereocenters. The van der Waals surface area contributed by atoms with Gasteiger partial charge in [-0.25, -0.2) is 13.2 Å². The number of rotatable bonds is 11. The Kier molecular flexibility index (Phi) is 8.47. The molecule has 0 aromatic heterocycles. The second kappa shape index (κ2) is 10.6. The molecule has 2 aromatic carbocycles. The number of hydrogen-bond donors (Lipinski definition) is 1. The maximum Gasteiger partial charge on any atom is 0.335 e. The molecule has 0 saturated carbocycles. The van der Waals surface area contributed by atoms with Gasteiger partial charge in [-0.15, -0.1) is 0 Å². The lowest BCUT2D eigenvalue weighted by atomic mass is 9.96. The molecule has 0 aliphatic carbocycles. The average molecular weight is 432 g/mol. The molecule has 0 spiro atoms. The van der Waals surface area contributed by atoms with Gasteiger partial charge in [0.05, 0.1) is 16.2 Å². The third kappa shape index (κ3) is 5.42. The van der Waals surface area contributed by atoms with E-state index in [4.69, 9.17) is 0 Å². The van der Waals surface area contributed by atoms with Crippen molar-refractivity contribution in [3.8, 4) is 11.1 Å². The number of aromatic carboxylic acids is 1. The third-order valence-electron chi connectivity index (χ3n) is 5.36. The number of carbonyl (C=O) groups is 1. The Bertz CT molecular complexity index is 975. The van der Waals surface area contributed by atoms with Crippen LogP contribution in [0.25, 0.3) is 11.1 Å². The minimum atomic E-state index is -3.64. The number of aryl methyl sites for hydroxylation is 1. The van der Waals surface area contributed by atoms with Crippen LogP contribution < -0.4 is 4.90 Å². The molecule has 0 radical (unpaired) electrons. The highest BCUT2D eigenvalue weighted by atomic mass is 32.2. The summed E-state index contributed by atoms with van der Waals surface area (Å²) >= 11 is 0. The molecule has 2 rings (SSSR count). The standard InChI is InChI=1S/C24H33NO4S/c1-5-8-14-25(15-9-6-2)21-16-19(24(26)27)17-22(30(28,29)7-3)23(21)20-13-11-10-12-18(20)4/h10-13,16-17H,5-9,14-15H2,1-4H3,(H,26,27). The lowest BCUT2D eigenvalue weighted by Gasteiger charge is -2.29. The van der Waals surface area contributed by atoms with E-state index in [1.54, 1.807) is 13.0 Å². The van der Waals surface area contributed by atoms with E-state index in [0.29, 0.717) is 11.3 Å². The fraction of sp³-hybridized carbons (Fsp3) is 0.458. The summed E-state index contributed by atoms with van der Waals surface area (Å²) < 4.78 is 26.1. The van der Waals surface area contributed by atoms with Gasteiger partial charge in [0.15, 0.2) is 9.84 Å². The molecule has 0 unspecified atom stereocenters. The summed E-state index contributed by atoms with van der Waals surface area (Å²) in [6, 6.07) is 10.6. The van der Waals surface area contributed by atoms with Crippen LogP contribution >= 0.6 is 0 Å². The van der Waals surface area contributed by atoms with Gasteiger partial charge in [0.2, 0.25) is 0 Å². The molecule has 30 heavy (non-hydrogen) atoms. The Morgan fingerprint density at radius 1 is 1.00 bits per heavy atom. The monoisotopic (exact) mass is 431 g/mol. The van der Waals surface area contributed by atoms with Gasteiger partial charge in [-0.05, 0) is 43.0 Å². The van der Waals surface area contributed by atoms with Crippen molar-refractivity contribution in [2.45, 2.75) is 58.3 Å². The number of nitrogens with zero attached hydrogens (tertiary/aromatic N) is 1. The second-order valence-corrected chi connectivity index (χ2v) is 9.83. The Labute approximate surface area is 180 Å². The van der Waals surface area contributed by atoms with Crippen LogP contribution in [0.15, 0.2) is 41.3 Å². The van der Waals surface area contributed by atoms with Crippen LogP contribution in [0.3, 0.4) is 0 Å². The van der Waals surface area contributed by atoms with Crippen molar-refractivity contribution in [2.75, 3.05) is 23.7 Å². The van der Waals surface area contributed by atoms with Crippen molar-refractivity contribution < 1.29 is 18.3 Å². The van der Waals surface area contributed by atoms with E-state index in [1.807, 2.05) is 31.2 Å². The van der Waals surface area contributed by atoms with Crippen molar-refractivity contribution >= 4 is 21.5 Å². The van der Waals surface area contributed by atoms with E-state index in [0.717, 1.165) is 49.9 Å². The summed E-state index contributed by atoms with van der Waals surface area (Å²) in [6.07, 6.45) is 3.90. The number of hydrogen-bond acceptors (Lipinski definition) is 4. The Hall–Kier alpha value is -2.34. The highest BCUT2D eigenvalue weighted by Crippen LogP contribution is 2.40. The van der Waals surface area contributed by atoms with Crippen LogP contribution in [0, 0.1) is 6.92 Å². The lowest BCUT2D eigenvalue weighted by molar-refractivity contribution is 0.0696. The fourth-order valence-electron chi connectivity index (χ4n) is 3.55. The van der Waals surface area contributed by atoms with E-state index in [2.05, 4.69) is 18.7 Å².